The second-order valence-corrected chi connectivity index (χ2v) is 18.5. The van der Waals surface area contributed by atoms with E-state index >= 15 is 0 Å². The van der Waals surface area contributed by atoms with Crippen LogP contribution in [-0.2, 0) is 60.8 Å². The maximum absolute atomic E-state index is 14.2. The molecule has 0 radical (unpaired) electrons. The minimum absolute atomic E-state index is 0.0293. The molecule has 0 saturated carbocycles. The molecule has 71 heavy (non-hydrogen) atoms. The maximum Gasteiger partial charge on any atom is 0.326 e. The molecule has 392 valence electrons. The molecule has 0 saturated heterocycles. The lowest BCUT2D eigenvalue weighted by molar-refractivity contribution is -0.142. The van der Waals surface area contributed by atoms with Gasteiger partial charge in [-0.15, -0.1) is 0 Å². The molecule has 0 aliphatic carbocycles. The summed E-state index contributed by atoms with van der Waals surface area (Å²) in [5, 5.41) is 56.1. The number of nitrogens with two attached hydrogens (primary N) is 2. The number of carboxylic acid groups (broad SMARTS) is 2. The second-order valence-electron chi connectivity index (χ2n) is 18.5. The topological polar surface area (TPSA) is 388 Å². The molecule has 23 nitrogen and oxygen atoms in total. The van der Waals surface area contributed by atoms with Crippen LogP contribution in [0.5, 0.6) is 5.75 Å². The van der Waals surface area contributed by atoms with Gasteiger partial charge in [-0.2, -0.15) is 0 Å². The van der Waals surface area contributed by atoms with Crippen LogP contribution in [0.25, 0.3) is 0 Å². The molecule has 0 unspecified atom stereocenters. The summed E-state index contributed by atoms with van der Waals surface area (Å²) in [6, 6.07) is 2.81. The summed E-state index contributed by atoms with van der Waals surface area (Å²) in [6.07, 6.45) is -2.10. The smallest absolute Gasteiger partial charge is 0.326 e. The third-order valence-corrected chi connectivity index (χ3v) is 11.0. The van der Waals surface area contributed by atoms with Crippen LogP contribution in [-0.4, -0.2) is 135 Å². The molecule has 0 heterocycles. The van der Waals surface area contributed by atoms with Crippen LogP contribution in [0.1, 0.15) is 91.2 Å². The van der Waals surface area contributed by atoms with Crippen molar-refractivity contribution in [1.82, 2.24) is 37.2 Å². The molecule has 0 spiro atoms. The number of hydrogen-bond donors (Lipinski definition) is 13. The molecule has 0 aromatic heterocycles. The van der Waals surface area contributed by atoms with Gasteiger partial charge in [0.25, 0.3) is 0 Å². The standard InChI is InChI=1S/C48H71N9O14/c1-25(2)20-34(54-45(67)36(22-29-12-14-30(59)15-13-29)55-43(65)33(17-19-39(61)62)51-41(63)31(49)24-58)44(66)52-32(16-18-38(50)60)42(64)53-35(21-26(3)4)46(68)57-40(27(5)6)47(69)56-37(48(70)71)23-28-10-8-7-9-11-28/h7-15,25-27,31-37,40,58-59H,16-24,49H2,1-6H3,(H2,50,60)(H,51,63)(H,52,66)(H,53,64)(H,54,67)(H,55,65)(H,56,69)(H,57,68)(H,61,62)(H,70,71)/t31-,32-,33-,34-,35-,36-,37-,40-/m0/s1. The Morgan fingerprint density at radius 2 is 0.915 bits per heavy atom. The Morgan fingerprint density at radius 3 is 1.38 bits per heavy atom. The Balaban J connectivity index is 2.44. The fraction of sp³-hybridized carbons (Fsp3) is 0.542. The van der Waals surface area contributed by atoms with Crippen LogP contribution >= 0.6 is 0 Å². The summed E-state index contributed by atoms with van der Waals surface area (Å²) in [5.41, 5.74) is 12.1. The highest BCUT2D eigenvalue weighted by atomic mass is 16.4. The van der Waals surface area contributed by atoms with E-state index in [0.717, 1.165) is 0 Å². The van der Waals surface area contributed by atoms with E-state index in [-0.39, 0.29) is 49.7 Å². The predicted octanol–water partition coefficient (Wildman–Crippen LogP) is -1.15. The summed E-state index contributed by atoms with van der Waals surface area (Å²) in [4.78, 5) is 132. The molecule has 0 fully saturated rings. The van der Waals surface area contributed by atoms with E-state index in [9.17, 15) is 68.4 Å². The molecule has 0 bridgehead atoms. The number of primary amides is 1. The lowest BCUT2D eigenvalue weighted by atomic mass is 9.98. The van der Waals surface area contributed by atoms with Gasteiger partial charge in [-0.25, -0.2) is 4.79 Å². The molecule has 23 heteroatoms. The number of aliphatic carboxylic acids is 2. The number of rotatable bonds is 31. The third kappa shape index (κ3) is 22.0. The van der Waals surface area contributed by atoms with Gasteiger partial charge in [-0.05, 0) is 66.7 Å². The SMILES string of the molecule is CC(C)C[C@H](NC(=O)[C@H](Cc1ccc(O)cc1)NC(=O)[C@H](CCC(=O)O)NC(=O)[C@@H](N)CO)C(=O)N[C@@H](CCC(N)=O)C(=O)N[C@@H](CC(C)C)C(=O)N[C@H](C(=O)N[C@@H](Cc1ccccc1)C(=O)O)C(C)C. The predicted molar refractivity (Wildman–Crippen MR) is 257 cm³/mol. The lowest BCUT2D eigenvalue weighted by Crippen LogP contribution is -2.61. The highest BCUT2D eigenvalue weighted by molar-refractivity contribution is 5.98. The number of aliphatic hydroxyl groups is 1. The molecule has 15 N–H and O–H groups in total. The highest BCUT2D eigenvalue weighted by Gasteiger charge is 2.36. The van der Waals surface area contributed by atoms with Crippen molar-refractivity contribution in [3.8, 4) is 5.75 Å². The first-order valence-corrected chi connectivity index (χ1v) is 23.3. The summed E-state index contributed by atoms with van der Waals surface area (Å²) >= 11 is 0. The monoisotopic (exact) mass is 998 g/mol. The molecule has 2 aromatic rings. The first kappa shape index (κ1) is 60.0. The van der Waals surface area contributed by atoms with Crippen LogP contribution in [0.3, 0.4) is 0 Å². The zero-order chi connectivity index (χ0) is 53.5. The number of benzene rings is 2. The van der Waals surface area contributed by atoms with Crippen molar-refractivity contribution in [3.05, 3.63) is 65.7 Å². The molecule has 0 aliphatic rings. The largest absolute Gasteiger partial charge is 0.508 e. The molecule has 8 atom stereocenters. The summed E-state index contributed by atoms with van der Waals surface area (Å²) < 4.78 is 0. The van der Waals surface area contributed by atoms with Gasteiger partial charge in [0.1, 0.15) is 54.1 Å². The molecular weight excluding hydrogens is 927 g/mol. The summed E-state index contributed by atoms with van der Waals surface area (Å²) in [7, 11) is 0. The Morgan fingerprint density at radius 1 is 0.507 bits per heavy atom. The number of amides is 8. The molecular formula is C48H71N9O14. The highest BCUT2D eigenvalue weighted by Crippen LogP contribution is 2.15. The van der Waals surface area contributed by atoms with Gasteiger partial charge in [0.05, 0.1) is 6.61 Å². The average Bonchev–Trinajstić information content (AvgIpc) is 3.29. The van der Waals surface area contributed by atoms with Gasteiger partial charge in [-0.3, -0.25) is 43.2 Å². The van der Waals surface area contributed by atoms with E-state index in [4.69, 9.17) is 11.5 Å². The number of aliphatic hydroxyl groups excluding tert-OH is 1. The number of phenols is 1. The zero-order valence-corrected chi connectivity index (χ0v) is 40.9. The number of hydrogen-bond acceptors (Lipinski definition) is 13. The second kappa shape index (κ2) is 29.8. The van der Waals surface area contributed by atoms with E-state index in [1.54, 1.807) is 71.9 Å². The quantitative estimate of drug-likeness (QED) is 0.0424. The van der Waals surface area contributed by atoms with Crippen molar-refractivity contribution in [3.63, 3.8) is 0 Å². The molecule has 2 aromatic carbocycles. The lowest BCUT2D eigenvalue weighted by Gasteiger charge is -2.29. The summed E-state index contributed by atoms with van der Waals surface area (Å²) in [6.45, 7) is 9.47. The van der Waals surface area contributed by atoms with Gasteiger partial charge >= 0.3 is 11.9 Å². The van der Waals surface area contributed by atoms with Gasteiger partial charge in [0.15, 0.2) is 0 Å². The van der Waals surface area contributed by atoms with E-state index in [1.807, 2.05) is 0 Å². The number of carboxylic acids is 2. The van der Waals surface area contributed by atoms with Gasteiger partial charge < -0.3 is 69.1 Å². The van der Waals surface area contributed by atoms with Crippen molar-refractivity contribution in [2.24, 2.45) is 29.2 Å². The number of nitrogens with one attached hydrogen (secondary N) is 7. The van der Waals surface area contributed by atoms with Gasteiger partial charge in [0, 0.05) is 25.7 Å². The molecule has 0 aliphatic heterocycles. The van der Waals surface area contributed by atoms with E-state index in [1.165, 1.54) is 24.3 Å². The van der Waals surface area contributed by atoms with Gasteiger partial charge in [-0.1, -0.05) is 84.0 Å². The number of carbonyl (C=O) groups is 10. The average molecular weight is 998 g/mol. The van der Waals surface area contributed by atoms with Crippen LogP contribution in [0, 0.1) is 17.8 Å². The van der Waals surface area contributed by atoms with Crippen molar-refractivity contribution < 1.29 is 68.4 Å². The van der Waals surface area contributed by atoms with Crippen molar-refractivity contribution in [2.75, 3.05) is 6.61 Å². The fourth-order valence-corrected chi connectivity index (χ4v) is 7.13. The normalized spacial score (nSPS) is 14.6. The Bertz CT molecular complexity index is 2140. The Labute approximate surface area is 412 Å². The van der Waals surface area contributed by atoms with E-state index < -0.39 is 139 Å². The first-order valence-electron chi connectivity index (χ1n) is 23.3. The van der Waals surface area contributed by atoms with Crippen LogP contribution < -0.4 is 48.7 Å². The minimum Gasteiger partial charge on any atom is -0.508 e. The Hall–Kier alpha value is -7.14. The van der Waals surface area contributed by atoms with Crippen LogP contribution in [0.2, 0.25) is 0 Å². The third-order valence-electron chi connectivity index (χ3n) is 11.0. The van der Waals surface area contributed by atoms with Crippen LogP contribution in [0.15, 0.2) is 54.6 Å². The minimum atomic E-state index is -1.55. The van der Waals surface area contributed by atoms with E-state index in [2.05, 4.69) is 37.2 Å². The Kier molecular flexibility index (Phi) is 25.2. The number of carbonyl (C=O) groups excluding carboxylic acids is 8. The van der Waals surface area contributed by atoms with Crippen LogP contribution in [0.4, 0.5) is 0 Å². The number of aromatic hydroxyl groups is 1. The van der Waals surface area contributed by atoms with E-state index in [0.29, 0.717) is 11.1 Å². The van der Waals surface area contributed by atoms with Gasteiger partial charge in [0.2, 0.25) is 47.3 Å². The molecule has 2 rings (SSSR count). The van der Waals surface area contributed by atoms with Crippen molar-refractivity contribution in [1.29, 1.82) is 0 Å². The van der Waals surface area contributed by atoms with Crippen molar-refractivity contribution >= 4 is 59.2 Å². The zero-order valence-electron chi connectivity index (χ0n) is 40.9. The maximum atomic E-state index is 14.2. The first-order chi connectivity index (χ1) is 33.3. The summed E-state index contributed by atoms with van der Waals surface area (Å²) in [5.74, 6) is -11.0. The fourth-order valence-electron chi connectivity index (χ4n) is 7.13. The molecule has 8 amide bonds. The number of phenolic OH excluding ortho intramolecular Hbond substituents is 1. The van der Waals surface area contributed by atoms with Crippen molar-refractivity contribution in [2.45, 2.75) is 141 Å².